The van der Waals surface area contributed by atoms with Gasteiger partial charge < -0.3 is 10.1 Å². The molecule has 106 valence electrons. The molecule has 1 saturated carbocycles. The second-order valence-electron chi connectivity index (χ2n) is 6.56. The fourth-order valence-corrected chi connectivity index (χ4v) is 2.85. The van der Waals surface area contributed by atoms with E-state index in [1.807, 2.05) is 20.8 Å². The highest BCUT2D eigenvalue weighted by Crippen LogP contribution is 2.33. The highest BCUT2D eigenvalue weighted by molar-refractivity contribution is 6.18. The first-order valence-electron chi connectivity index (χ1n) is 6.77. The lowest BCUT2D eigenvalue weighted by atomic mass is 9.77. The molecule has 0 bridgehead atoms. The van der Waals surface area contributed by atoms with Gasteiger partial charge >= 0.3 is 0 Å². The summed E-state index contributed by atoms with van der Waals surface area (Å²) in [6.45, 7) is 8.16. The highest BCUT2D eigenvalue weighted by Gasteiger charge is 2.35. The molecule has 0 aliphatic heterocycles. The first kappa shape index (κ1) is 15.8. The van der Waals surface area contributed by atoms with Crippen molar-refractivity contribution in [2.45, 2.75) is 64.5 Å². The summed E-state index contributed by atoms with van der Waals surface area (Å²) in [7, 11) is 0. The van der Waals surface area contributed by atoms with Crippen molar-refractivity contribution >= 4 is 17.5 Å². The average molecular weight is 276 g/mol. The zero-order chi connectivity index (χ0) is 13.8. The molecule has 0 aromatic carbocycles. The Balaban J connectivity index is 2.49. The minimum Gasteiger partial charge on any atom is -0.366 e. The Morgan fingerprint density at radius 1 is 1.50 bits per heavy atom. The van der Waals surface area contributed by atoms with Crippen LogP contribution in [0.1, 0.15) is 53.4 Å². The summed E-state index contributed by atoms with van der Waals surface area (Å²) in [5.41, 5.74) is -0.511. The quantitative estimate of drug-likeness (QED) is 0.801. The Labute approximate surface area is 116 Å². The Bertz CT molecular complexity index is 288. The third kappa shape index (κ3) is 5.15. The standard InChI is InChI=1S/C14H26ClNO2/c1-11-6-5-7-14(8-11,10-15)16-12(17)9-18-13(2,3)4/h11H,5-10H2,1-4H3,(H,16,17). The summed E-state index contributed by atoms with van der Waals surface area (Å²) in [5, 5.41) is 3.09. The van der Waals surface area contributed by atoms with Gasteiger partial charge in [0.1, 0.15) is 6.61 Å². The van der Waals surface area contributed by atoms with Gasteiger partial charge in [-0.1, -0.05) is 19.8 Å². The van der Waals surface area contributed by atoms with Gasteiger partial charge in [0.15, 0.2) is 0 Å². The summed E-state index contributed by atoms with van der Waals surface area (Å²) >= 11 is 6.08. The zero-order valence-electron chi connectivity index (χ0n) is 12.0. The molecule has 1 fully saturated rings. The third-order valence-corrected chi connectivity index (χ3v) is 3.90. The SMILES string of the molecule is CC1CCCC(CCl)(NC(=O)COC(C)(C)C)C1. The lowest BCUT2D eigenvalue weighted by Crippen LogP contribution is -2.54. The minimum absolute atomic E-state index is 0.0559. The van der Waals surface area contributed by atoms with Crippen LogP contribution in [0.5, 0.6) is 0 Å². The summed E-state index contributed by atoms with van der Waals surface area (Å²) < 4.78 is 5.49. The fraction of sp³-hybridized carbons (Fsp3) is 0.929. The Morgan fingerprint density at radius 3 is 2.67 bits per heavy atom. The number of amides is 1. The molecule has 18 heavy (non-hydrogen) atoms. The van der Waals surface area contributed by atoms with E-state index < -0.39 is 0 Å². The van der Waals surface area contributed by atoms with E-state index in [1.165, 1.54) is 6.42 Å². The first-order chi connectivity index (χ1) is 8.26. The summed E-state index contributed by atoms with van der Waals surface area (Å²) in [4.78, 5) is 11.9. The number of halogens is 1. The second kappa shape index (κ2) is 6.25. The third-order valence-electron chi connectivity index (χ3n) is 3.39. The molecule has 1 aliphatic rings. The van der Waals surface area contributed by atoms with Crippen molar-refractivity contribution in [2.24, 2.45) is 5.92 Å². The number of nitrogens with one attached hydrogen (secondary N) is 1. The lowest BCUT2D eigenvalue weighted by Gasteiger charge is -2.39. The Hall–Kier alpha value is -0.280. The average Bonchev–Trinajstić information content (AvgIpc) is 2.25. The first-order valence-corrected chi connectivity index (χ1v) is 7.31. The molecular formula is C14H26ClNO2. The molecule has 0 aromatic rings. The molecule has 1 rings (SSSR count). The maximum absolute atomic E-state index is 11.9. The van der Waals surface area contributed by atoms with E-state index in [9.17, 15) is 4.79 Å². The summed E-state index contributed by atoms with van der Waals surface area (Å²) in [6, 6.07) is 0. The van der Waals surface area contributed by atoms with Crippen molar-refractivity contribution in [2.75, 3.05) is 12.5 Å². The van der Waals surface area contributed by atoms with Crippen LogP contribution in [0.2, 0.25) is 0 Å². The maximum Gasteiger partial charge on any atom is 0.246 e. The number of carbonyl (C=O) groups is 1. The molecule has 0 aromatic heterocycles. The van der Waals surface area contributed by atoms with Crippen molar-refractivity contribution in [1.29, 1.82) is 0 Å². The van der Waals surface area contributed by atoms with Gasteiger partial charge in [0, 0.05) is 5.88 Å². The number of hydrogen-bond acceptors (Lipinski definition) is 2. The number of rotatable bonds is 4. The van der Waals surface area contributed by atoms with Crippen LogP contribution in [0.4, 0.5) is 0 Å². The van der Waals surface area contributed by atoms with Crippen molar-refractivity contribution < 1.29 is 9.53 Å². The van der Waals surface area contributed by atoms with Gasteiger partial charge in [-0.25, -0.2) is 0 Å². The molecule has 2 atom stereocenters. The van der Waals surface area contributed by atoms with Crippen molar-refractivity contribution in [1.82, 2.24) is 5.32 Å². The molecule has 0 heterocycles. The smallest absolute Gasteiger partial charge is 0.246 e. The number of hydrogen-bond donors (Lipinski definition) is 1. The molecule has 0 saturated heterocycles. The molecule has 1 N–H and O–H groups in total. The van der Waals surface area contributed by atoms with Crippen LogP contribution in [0.3, 0.4) is 0 Å². The Morgan fingerprint density at radius 2 is 2.17 bits per heavy atom. The number of alkyl halides is 1. The zero-order valence-corrected chi connectivity index (χ0v) is 12.8. The lowest BCUT2D eigenvalue weighted by molar-refractivity contribution is -0.132. The van der Waals surface area contributed by atoms with Gasteiger partial charge in [-0.15, -0.1) is 11.6 Å². The molecule has 2 unspecified atom stereocenters. The minimum atomic E-state index is -0.286. The van der Waals surface area contributed by atoms with Gasteiger partial charge in [-0.05, 0) is 39.5 Å². The molecule has 3 nitrogen and oxygen atoms in total. The molecule has 0 spiro atoms. The second-order valence-corrected chi connectivity index (χ2v) is 6.83. The van der Waals surface area contributed by atoms with Crippen LogP contribution in [0.15, 0.2) is 0 Å². The molecule has 1 aliphatic carbocycles. The van der Waals surface area contributed by atoms with E-state index in [-0.39, 0.29) is 23.7 Å². The van der Waals surface area contributed by atoms with Crippen LogP contribution >= 0.6 is 11.6 Å². The molecular weight excluding hydrogens is 250 g/mol. The van der Waals surface area contributed by atoms with E-state index in [1.54, 1.807) is 0 Å². The predicted molar refractivity (Wildman–Crippen MR) is 74.9 cm³/mol. The van der Waals surface area contributed by atoms with Crippen LogP contribution in [0.25, 0.3) is 0 Å². The van der Waals surface area contributed by atoms with Crippen LogP contribution in [-0.4, -0.2) is 29.5 Å². The van der Waals surface area contributed by atoms with Crippen LogP contribution in [0, 0.1) is 5.92 Å². The van der Waals surface area contributed by atoms with E-state index in [0.29, 0.717) is 11.8 Å². The molecule has 0 radical (unpaired) electrons. The predicted octanol–water partition coefficient (Wildman–Crippen LogP) is 3.11. The van der Waals surface area contributed by atoms with Crippen molar-refractivity contribution in [3.05, 3.63) is 0 Å². The maximum atomic E-state index is 11.9. The van der Waals surface area contributed by atoms with E-state index in [4.69, 9.17) is 16.3 Å². The van der Waals surface area contributed by atoms with Crippen LogP contribution < -0.4 is 5.32 Å². The topological polar surface area (TPSA) is 38.3 Å². The molecule has 1 amide bonds. The summed E-state index contributed by atoms with van der Waals surface area (Å²) in [6.07, 6.45) is 4.31. The van der Waals surface area contributed by atoms with Gasteiger partial charge in [0.25, 0.3) is 0 Å². The van der Waals surface area contributed by atoms with Gasteiger partial charge in [0.2, 0.25) is 5.91 Å². The largest absolute Gasteiger partial charge is 0.366 e. The van der Waals surface area contributed by atoms with E-state index in [2.05, 4.69) is 12.2 Å². The number of carbonyl (C=O) groups excluding carboxylic acids is 1. The van der Waals surface area contributed by atoms with Crippen LogP contribution in [-0.2, 0) is 9.53 Å². The van der Waals surface area contributed by atoms with E-state index in [0.717, 1.165) is 19.3 Å². The number of ether oxygens (including phenoxy) is 1. The van der Waals surface area contributed by atoms with Gasteiger partial charge in [0.05, 0.1) is 11.1 Å². The van der Waals surface area contributed by atoms with Gasteiger partial charge in [-0.2, -0.15) is 0 Å². The van der Waals surface area contributed by atoms with Crippen molar-refractivity contribution in [3.63, 3.8) is 0 Å². The molecule has 4 heteroatoms. The van der Waals surface area contributed by atoms with Gasteiger partial charge in [-0.3, -0.25) is 4.79 Å². The van der Waals surface area contributed by atoms with Crippen molar-refractivity contribution in [3.8, 4) is 0 Å². The highest BCUT2D eigenvalue weighted by atomic mass is 35.5. The van der Waals surface area contributed by atoms with E-state index >= 15 is 0 Å². The monoisotopic (exact) mass is 275 g/mol. The normalized spacial score (nSPS) is 29.1. The Kier molecular flexibility index (Phi) is 5.47. The summed E-state index contributed by atoms with van der Waals surface area (Å²) in [5.74, 6) is 1.06. The fourth-order valence-electron chi connectivity index (χ4n) is 2.54.